The Morgan fingerprint density at radius 1 is 1.09 bits per heavy atom. The van der Waals surface area contributed by atoms with E-state index in [0.29, 0.717) is 9.79 Å². The first-order chi connectivity index (χ1) is 10.8. The lowest BCUT2D eigenvalue weighted by Gasteiger charge is -2.13. The van der Waals surface area contributed by atoms with E-state index in [9.17, 15) is 18.3 Å². The summed E-state index contributed by atoms with van der Waals surface area (Å²) in [5.74, 6) is -1.05. The van der Waals surface area contributed by atoms with Crippen LogP contribution in [0.3, 0.4) is 0 Å². The molecule has 0 aliphatic heterocycles. The second-order valence-electron chi connectivity index (χ2n) is 4.99. The summed E-state index contributed by atoms with van der Waals surface area (Å²) in [5.41, 5.74) is 1.94. The van der Waals surface area contributed by atoms with E-state index in [1.54, 1.807) is 30.3 Å². The van der Waals surface area contributed by atoms with Gasteiger partial charge in [0.2, 0.25) is 10.0 Å². The van der Waals surface area contributed by atoms with Gasteiger partial charge < -0.3 is 5.11 Å². The zero-order valence-electron chi connectivity index (χ0n) is 13.0. The lowest BCUT2D eigenvalue weighted by atomic mass is 10.1. The van der Waals surface area contributed by atoms with E-state index < -0.39 is 16.0 Å². The van der Waals surface area contributed by atoms with Gasteiger partial charge in [0.15, 0.2) is 0 Å². The number of aryl methyl sites for hydroxylation is 2. The molecule has 0 bridgehead atoms. The number of hydrogen-bond acceptors (Lipinski definition) is 4. The summed E-state index contributed by atoms with van der Waals surface area (Å²) >= 11 is 1.13. The van der Waals surface area contributed by atoms with Crippen molar-refractivity contribution in [1.82, 2.24) is 4.72 Å². The van der Waals surface area contributed by atoms with Crippen LogP contribution in [0.5, 0.6) is 0 Å². The van der Waals surface area contributed by atoms with Crippen LogP contribution < -0.4 is 4.72 Å². The third-order valence-electron chi connectivity index (χ3n) is 3.46. The molecule has 0 radical (unpaired) electrons. The molecule has 7 heteroatoms. The average molecular weight is 351 g/mol. The van der Waals surface area contributed by atoms with Crippen LogP contribution in [0.1, 0.15) is 21.5 Å². The van der Waals surface area contributed by atoms with Crippen molar-refractivity contribution in [3.05, 3.63) is 53.1 Å². The largest absolute Gasteiger partial charge is 0.478 e. The molecule has 0 atom stereocenters. The highest BCUT2D eigenvalue weighted by molar-refractivity contribution is 8.00. The fourth-order valence-corrected chi connectivity index (χ4v) is 4.39. The Kier molecular flexibility index (Phi) is 5.13. The SMILES string of the molecule is CNS(=O)(=O)c1cc(C)c(C)cc1Sc1ccccc1C(=O)O. The molecule has 0 saturated carbocycles. The molecule has 0 aromatic heterocycles. The molecule has 2 aromatic carbocycles. The van der Waals surface area contributed by atoms with Crippen LogP contribution in [-0.4, -0.2) is 26.5 Å². The van der Waals surface area contributed by atoms with Crippen molar-refractivity contribution >= 4 is 27.8 Å². The molecular formula is C16H17NO4S2. The van der Waals surface area contributed by atoms with Crippen molar-refractivity contribution in [3.8, 4) is 0 Å². The zero-order chi connectivity index (χ0) is 17.2. The van der Waals surface area contributed by atoms with E-state index in [2.05, 4.69) is 4.72 Å². The zero-order valence-corrected chi connectivity index (χ0v) is 14.6. The monoisotopic (exact) mass is 351 g/mol. The number of carboxylic acids is 1. The van der Waals surface area contributed by atoms with Gasteiger partial charge in [-0.15, -0.1) is 0 Å². The predicted octanol–water partition coefficient (Wildman–Crippen LogP) is 3.06. The van der Waals surface area contributed by atoms with E-state index >= 15 is 0 Å². The minimum atomic E-state index is -3.64. The minimum Gasteiger partial charge on any atom is -0.478 e. The smallest absolute Gasteiger partial charge is 0.336 e. The molecule has 0 aliphatic rings. The highest BCUT2D eigenvalue weighted by atomic mass is 32.2. The average Bonchev–Trinajstić information content (AvgIpc) is 2.50. The molecule has 0 aliphatic carbocycles. The Bertz CT molecular complexity index is 860. The van der Waals surface area contributed by atoms with Crippen LogP contribution in [-0.2, 0) is 10.0 Å². The summed E-state index contributed by atoms with van der Waals surface area (Å²) in [6.07, 6.45) is 0. The third kappa shape index (κ3) is 3.74. The number of hydrogen-bond donors (Lipinski definition) is 2. The first kappa shape index (κ1) is 17.5. The van der Waals surface area contributed by atoms with E-state index in [4.69, 9.17) is 0 Å². The minimum absolute atomic E-state index is 0.142. The van der Waals surface area contributed by atoms with E-state index in [0.717, 1.165) is 22.9 Å². The van der Waals surface area contributed by atoms with Crippen LogP contribution >= 0.6 is 11.8 Å². The van der Waals surface area contributed by atoms with Gasteiger partial charge in [-0.2, -0.15) is 0 Å². The number of carbonyl (C=O) groups is 1. The van der Waals surface area contributed by atoms with Crippen molar-refractivity contribution in [3.63, 3.8) is 0 Å². The van der Waals surface area contributed by atoms with Crippen LogP contribution in [0.15, 0.2) is 51.1 Å². The Hall–Kier alpha value is -1.83. The molecule has 0 saturated heterocycles. The van der Waals surface area contributed by atoms with Crippen molar-refractivity contribution in [2.24, 2.45) is 0 Å². The van der Waals surface area contributed by atoms with Crippen LogP contribution in [0, 0.1) is 13.8 Å². The van der Waals surface area contributed by atoms with Crippen molar-refractivity contribution in [2.75, 3.05) is 7.05 Å². The van der Waals surface area contributed by atoms with Gasteiger partial charge >= 0.3 is 5.97 Å². The van der Waals surface area contributed by atoms with Gasteiger partial charge in [0.05, 0.1) is 10.5 Å². The van der Waals surface area contributed by atoms with E-state index in [1.807, 2.05) is 13.8 Å². The fourth-order valence-electron chi connectivity index (χ4n) is 2.01. The van der Waals surface area contributed by atoms with Crippen molar-refractivity contribution in [1.29, 1.82) is 0 Å². The molecule has 0 amide bonds. The molecule has 0 unspecified atom stereocenters. The van der Waals surface area contributed by atoms with E-state index in [1.165, 1.54) is 13.1 Å². The highest BCUT2D eigenvalue weighted by Crippen LogP contribution is 2.36. The summed E-state index contributed by atoms with van der Waals surface area (Å²) in [6.45, 7) is 3.72. The first-order valence-corrected chi connectivity index (χ1v) is 9.11. The first-order valence-electron chi connectivity index (χ1n) is 6.81. The number of sulfonamides is 1. The Balaban J connectivity index is 2.61. The Morgan fingerprint density at radius 3 is 2.30 bits per heavy atom. The Morgan fingerprint density at radius 2 is 1.70 bits per heavy atom. The summed E-state index contributed by atoms with van der Waals surface area (Å²) in [6, 6.07) is 9.90. The maximum atomic E-state index is 12.3. The van der Waals surface area contributed by atoms with Gasteiger partial charge in [-0.3, -0.25) is 0 Å². The molecule has 0 spiro atoms. The summed E-state index contributed by atoms with van der Waals surface area (Å²) in [7, 11) is -2.29. The second-order valence-corrected chi connectivity index (χ2v) is 7.93. The van der Waals surface area contributed by atoms with Crippen molar-refractivity contribution in [2.45, 2.75) is 28.5 Å². The predicted molar refractivity (Wildman–Crippen MR) is 89.7 cm³/mol. The molecular weight excluding hydrogens is 334 g/mol. The molecule has 2 aromatic rings. The maximum Gasteiger partial charge on any atom is 0.336 e. The standard InChI is InChI=1S/C16H17NO4S2/c1-10-8-14(15(9-11(10)2)23(20,21)17-3)22-13-7-5-4-6-12(13)16(18)19/h4-9,17H,1-3H3,(H,18,19). The number of benzene rings is 2. The molecule has 0 heterocycles. The van der Waals surface area contributed by atoms with Gasteiger partial charge in [-0.1, -0.05) is 23.9 Å². The summed E-state index contributed by atoms with van der Waals surface area (Å²) in [5, 5.41) is 9.27. The molecule has 23 heavy (non-hydrogen) atoms. The van der Waals surface area contributed by atoms with E-state index in [-0.39, 0.29) is 10.5 Å². The normalized spacial score (nSPS) is 11.4. The summed E-state index contributed by atoms with van der Waals surface area (Å²) < 4.78 is 26.8. The summed E-state index contributed by atoms with van der Waals surface area (Å²) in [4.78, 5) is 12.5. The van der Waals surface area contributed by atoms with Gasteiger partial charge in [-0.05, 0) is 56.3 Å². The highest BCUT2D eigenvalue weighted by Gasteiger charge is 2.20. The fraction of sp³-hybridized carbons (Fsp3) is 0.188. The number of carboxylic acid groups (broad SMARTS) is 1. The Labute approximate surface area is 139 Å². The topological polar surface area (TPSA) is 83.5 Å². The lowest BCUT2D eigenvalue weighted by Crippen LogP contribution is -2.19. The number of rotatable bonds is 5. The van der Waals surface area contributed by atoms with Gasteiger partial charge in [0.1, 0.15) is 0 Å². The lowest BCUT2D eigenvalue weighted by molar-refractivity contribution is 0.0693. The molecule has 5 nitrogen and oxygen atoms in total. The third-order valence-corrected chi connectivity index (χ3v) is 6.17. The maximum absolute atomic E-state index is 12.3. The van der Waals surface area contributed by atoms with Crippen LogP contribution in [0.25, 0.3) is 0 Å². The van der Waals surface area contributed by atoms with Crippen LogP contribution in [0.2, 0.25) is 0 Å². The molecule has 0 fully saturated rings. The quantitative estimate of drug-likeness (QED) is 0.865. The van der Waals surface area contributed by atoms with Crippen LogP contribution in [0.4, 0.5) is 0 Å². The molecule has 2 N–H and O–H groups in total. The number of nitrogens with one attached hydrogen (secondary N) is 1. The number of aromatic carboxylic acids is 1. The van der Waals surface area contributed by atoms with Gasteiger partial charge in [0.25, 0.3) is 0 Å². The van der Waals surface area contributed by atoms with Gasteiger partial charge in [-0.25, -0.2) is 17.9 Å². The molecule has 122 valence electrons. The second kappa shape index (κ2) is 6.74. The van der Waals surface area contributed by atoms with Crippen molar-refractivity contribution < 1.29 is 18.3 Å². The molecule has 2 rings (SSSR count). The van der Waals surface area contributed by atoms with Gasteiger partial charge in [0, 0.05) is 9.79 Å².